The zero-order valence-corrected chi connectivity index (χ0v) is 13.2. The van der Waals surface area contributed by atoms with E-state index < -0.39 is 0 Å². The van der Waals surface area contributed by atoms with E-state index in [4.69, 9.17) is 9.47 Å². The van der Waals surface area contributed by atoms with Crippen molar-refractivity contribution in [3.05, 3.63) is 0 Å². The van der Waals surface area contributed by atoms with Crippen molar-refractivity contribution in [2.75, 3.05) is 19.8 Å². The lowest BCUT2D eigenvalue weighted by Crippen LogP contribution is -2.58. The number of ether oxygens (including phenoxy) is 2. The van der Waals surface area contributed by atoms with Crippen LogP contribution in [-0.4, -0.2) is 54.5 Å². The number of fused-ring (bicyclic) bond motifs is 2. The number of nitrogens with one attached hydrogen (secondary N) is 1. The normalized spacial score (nSPS) is 40.0. The number of hydrogen-bond donors (Lipinski definition) is 1. The van der Waals surface area contributed by atoms with E-state index in [0.717, 1.165) is 51.9 Å². The Hall–Kier alpha value is -0.520. The first-order valence-corrected chi connectivity index (χ1v) is 8.08. The third kappa shape index (κ3) is 2.88. The Bertz CT molecular complexity index is 388. The molecule has 1 spiro atoms. The number of halogens is 1. The highest BCUT2D eigenvalue weighted by Gasteiger charge is 2.49. The van der Waals surface area contributed by atoms with E-state index in [1.165, 1.54) is 12.8 Å². The van der Waals surface area contributed by atoms with Gasteiger partial charge in [-0.15, -0.1) is 12.4 Å². The molecule has 1 N–H and O–H groups in total. The van der Waals surface area contributed by atoms with Gasteiger partial charge in [0.15, 0.2) is 0 Å². The first-order chi connectivity index (χ1) is 9.74. The van der Waals surface area contributed by atoms with Gasteiger partial charge in [0.25, 0.3) is 0 Å². The smallest absolute Gasteiger partial charge is 0.410 e. The van der Waals surface area contributed by atoms with Gasteiger partial charge >= 0.3 is 6.09 Å². The molecule has 4 aliphatic rings. The molecule has 4 saturated heterocycles. The molecule has 0 aromatic rings. The summed E-state index contributed by atoms with van der Waals surface area (Å²) >= 11 is 0. The first kappa shape index (κ1) is 15.4. The molecule has 1 amide bonds. The maximum absolute atomic E-state index is 12.4. The summed E-state index contributed by atoms with van der Waals surface area (Å²) in [6.07, 6.45) is 7.34. The van der Waals surface area contributed by atoms with E-state index >= 15 is 0 Å². The number of piperidine rings is 1. The predicted molar refractivity (Wildman–Crippen MR) is 80.8 cm³/mol. The van der Waals surface area contributed by atoms with Crippen LogP contribution in [-0.2, 0) is 9.47 Å². The highest BCUT2D eigenvalue weighted by atomic mass is 35.5. The molecular weight excluding hydrogens is 292 g/mol. The van der Waals surface area contributed by atoms with E-state index in [1.807, 2.05) is 4.90 Å². The van der Waals surface area contributed by atoms with E-state index in [0.29, 0.717) is 18.1 Å². The third-order valence-corrected chi connectivity index (χ3v) is 5.55. The predicted octanol–water partition coefficient (Wildman–Crippen LogP) is 2.08. The van der Waals surface area contributed by atoms with Crippen molar-refractivity contribution in [1.29, 1.82) is 0 Å². The second-order valence-corrected chi connectivity index (χ2v) is 6.88. The maximum Gasteiger partial charge on any atom is 0.410 e. The third-order valence-electron chi connectivity index (χ3n) is 5.55. The van der Waals surface area contributed by atoms with Gasteiger partial charge in [-0.05, 0) is 25.7 Å². The second-order valence-electron chi connectivity index (χ2n) is 6.88. The topological polar surface area (TPSA) is 50.8 Å². The summed E-state index contributed by atoms with van der Waals surface area (Å²) in [5.41, 5.74) is -0.171. The van der Waals surface area contributed by atoms with Gasteiger partial charge in [-0.3, -0.25) is 0 Å². The minimum Gasteiger partial charge on any atom is -0.443 e. The van der Waals surface area contributed by atoms with Gasteiger partial charge in [-0.25, -0.2) is 4.79 Å². The fourth-order valence-electron chi connectivity index (χ4n) is 4.53. The van der Waals surface area contributed by atoms with Crippen LogP contribution in [0.4, 0.5) is 4.79 Å². The minimum absolute atomic E-state index is 0. The Morgan fingerprint density at radius 1 is 1.10 bits per heavy atom. The molecule has 6 heteroatoms. The van der Waals surface area contributed by atoms with Crippen LogP contribution in [0.1, 0.15) is 44.9 Å². The molecule has 120 valence electrons. The maximum atomic E-state index is 12.4. The molecule has 4 heterocycles. The van der Waals surface area contributed by atoms with E-state index in [9.17, 15) is 4.79 Å². The van der Waals surface area contributed by atoms with Crippen molar-refractivity contribution >= 4 is 18.5 Å². The minimum atomic E-state index is -0.171. The van der Waals surface area contributed by atoms with Crippen molar-refractivity contribution in [2.45, 2.75) is 68.7 Å². The standard InChI is InChI=1S/C15H24N2O3.ClH/c18-14-17(13-3-7-19-8-4-13)6-5-15(20-14)9-11-1-2-12(10-15)16-11;/h11-13,16H,1-10H2;1H/t11-,12+,15?;. The Kier molecular flexibility index (Phi) is 4.35. The average molecular weight is 317 g/mol. The molecule has 2 bridgehead atoms. The number of nitrogens with zero attached hydrogens (tertiary/aromatic N) is 1. The molecule has 0 saturated carbocycles. The lowest BCUT2D eigenvalue weighted by atomic mass is 9.83. The molecular formula is C15H25ClN2O3. The molecule has 0 aromatic carbocycles. The van der Waals surface area contributed by atoms with Gasteiger partial charge in [0.1, 0.15) is 5.60 Å². The van der Waals surface area contributed by atoms with Crippen molar-refractivity contribution in [3.8, 4) is 0 Å². The Balaban J connectivity index is 0.00000132. The monoisotopic (exact) mass is 316 g/mol. The average Bonchev–Trinajstić information content (AvgIpc) is 2.80. The summed E-state index contributed by atoms with van der Waals surface area (Å²) in [4.78, 5) is 14.4. The van der Waals surface area contributed by atoms with Crippen LogP contribution in [0.15, 0.2) is 0 Å². The van der Waals surface area contributed by atoms with Crippen LogP contribution < -0.4 is 5.32 Å². The lowest BCUT2D eigenvalue weighted by Gasteiger charge is -2.47. The largest absolute Gasteiger partial charge is 0.443 e. The fourth-order valence-corrected chi connectivity index (χ4v) is 4.53. The molecule has 1 unspecified atom stereocenters. The van der Waals surface area contributed by atoms with Crippen LogP contribution in [0.5, 0.6) is 0 Å². The summed E-state index contributed by atoms with van der Waals surface area (Å²) in [5.74, 6) is 0. The summed E-state index contributed by atoms with van der Waals surface area (Å²) < 4.78 is 11.4. The van der Waals surface area contributed by atoms with Crippen molar-refractivity contribution in [3.63, 3.8) is 0 Å². The van der Waals surface area contributed by atoms with E-state index in [-0.39, 0.29) is 24.1 Å². The summed E-state index contributed by atoms with van der Waals surface area (Å²) in [5, 5.41) is 3.63. The van der Waals surface area contributed by atoms with Gasteiger partial charge in [0, 0.05) is 57.1 Å². The van der Waals surface area contributed by atoms with Crippen molar-refractivity contribution in [2.24, 2.45) is 0 Å². The number of amides is 1. The molecule has 5 nitrogen and oxygen atoms in total. The Morgan fingerprint density at radius 2 is 1.76 bits per heavy atom. The molecule has 4 rings (SSSR count). The summed E-state index contributed by atoms with van der Waals surface area (Å²) in [7, 11) is 0. The summed E-state index contributed by atoms with van der Waals surface area (Å²) in [6.45, 7) is 2.41. The van der Waals surface area contributed by atoms with E-state index in [1.54, 1.807) is 0 Å². The molecule has 3 atom stereocenters. The number of carbonyl (C=O) groups is 1. The molecule has 0 aliphatic carbocycles. The van der Waals surface area contributed by atoms with Crippen LogP contribution in [0.2, 0.25) is 0 Å². The van der Waals surface area contributed by atoms with Gasteiger partial charge < -0.3 is 19.7 Å². The lowest BCUT2D eigenvalue weighted by molar-refractivity contribution is -0.0885. The van der Waals surface area contributed by atoms with Crippen LogP contribution in [0.25, 0.3) is 0 Å². The van der Waals surface area contributed by atoms with E-state index in [2.05, 4.69) is 5.32 Å². The molecule has 4 fully saturated rings. The van der Waals surface area contributed by atoms with Crippen LogP contribution >= 0.6 is 12.4 Å². The molecule has 0 aromatic heterocycles. The zero-order valence-electron chi connectivity index (χ0n) is 12.4. The number of hydrogen-bond acceptors (Lipinski definition) is 4. The van der Waals surface area contributed by atoms with Crippen LogP contribution in [0, 0.1) is 0 Å². The van der Waals surface area contributed by atoms with Gasteiger partial charge in [-0.2, -0.15) is 0 Å². The quantitative estimate of drug-likeness (QED) is 0.805. The highest BCUT2D eigenvalue weighted by molar-refractivity contribution is 5.85. The number of rotatable bonds is 1. The Labute approximate surface area is 132 Å². The first-order valence-electron chi connectivity index (χ1n) is 8.08. The van der Waals surface area contributed by atoms with Gasteiger partial charge in [0.05, 0.1) is 0 Å². The molecule has 21 heavy (non-hydrogen) atoms. The second kappa shape index (κ2) is 5.94. The molecule has 0 radical (unpaired) electrons. The van der Waals surface area contributed by atoms with Gasteiger partial charge in [0.2, 0.25) is 0 Å². The van der Waals surface area contributed by atoms with Crippen molar-refractivity contribution < 1.29 is 14.3 Å². The number of carbonyl (C=O) groups excluding carboxylic acids is 1. The fraction of sp³-hybridized carbons (Fsp3) is 0.933. The Morgan fingerprint density at radius 3 is 2.38 bits per heavy atom. The molecule has 4 aliphatic heterocycles. The van der Waals surface area contributed by atoms with Gasteiger partial charge in [-0.1, -0.05) is 0 Å². The zero-order chi connectivity index (χ0) is 13.6. The summed E-state index contributed by atoms with van der Waals surface area (Å²) in [6, 6.07) is 1.46. The highest BCUT2D eigenvalue weighted by Crippen LogP contribution is 2.41. The SMILES string of the molecule is Cl.O=C1OC2(CCN1C1CCOCC1)C[C@H]1CC[C@@H](C2)N1. The van der Waals surface area contributed by atoms with Crippen LogP contribution in [0.3, 0.4) is 0 Å². The van der Waals surface area contributed by atoms with Crippen molar-refractivity contribution in [1.82, 2.24) is 10.2 Å².